The lowest BCUT2D eigenvalue weighted by Gasteiger charge is -2.22. The van der Waals surface area contributed by atoms with E-state index in [2.05, 4.69) is 15.7 Å². The quantitative estimate of drug-likeness (QED) is 0.853. The molecule has 19 heavy (non-hydrogen) atoms. The van der Waals surface area contributed by atoms with Gasteiger partial charge in [0.2, 0.25) is 11.8 Å². The van der Waals surface area contributed by atoms with Gasteiger partial charge in [-0.2, -0.15) is 5.10 Å². The first kappa shape index (κ1) is 13.6. The molecule has 2 amide bonds. The van der Waals surface area contributed by atoms with Crippen molar-refractivity contribution in [2.75, 3.05) is 5.32 Å². The minimum Gasteiger partial charge on any atom is -0.344 e. The molecule has 0 radical (unpaired) electrons. The zero-order valence-electron chi connectivity index (χ0n) is 11.3. The minimum absolute atomic E-state index is 0.157. The summed E-state index contributed by atoms with van der Waals surface area (Å²) in [5.74, 6) is -0.0890. The van der Waals surface area contributed by atoms with Gasteiger partial charge in [0.15, 0.2) is 0 Å². The predicted molar refractivity (Wildman–Crippen MR) is 71.4 cm³/mol. The van der Waals surface area contributed by atoms with E-state index in [-0.39, 0.29) is 17.7 Å². The van der Waals surface area contributed by atoms with Crippen LogP contribution in [0.3, 0.4) is 0 Å². The lowest BCUT2D eigenvalue weighted by Crippen LogP contribution is -2.47. The number of nitrogens with one attached hydrogen (secondary N) is 2. The molecule has 1 aliphatic carbocycles. The van der Waals surface area contributed by atoms with Gasteiger partial charge in [0.25, 0.3) is 0 Å². The molecule has 1 saturated carbocycles. The van der Waals surface area contributed by atoms with E-state index in [0.717, 1.165) is 25.7 Å². The number of amides is 2. The largest absolute Gasteiger partial charge is 0.344 e. The Morgan fingerprint density at radius 2 is 2.11 bits per heavy atom. The second-order valence-electron chi connectivity index (χ2n) is 5.11. The fourth-order valence-electron chi connectivity index (χ4n) is 2.61. The third-order valence-electron chi connectivity index (χ3n) is 3.48. The van der Waals surface area contributed by atoms with Gasteiger partial charge in [-0.3, -0.25) is 14.3 Å². The first-order chi connectivity index (χ1) is 9.06. The summed E-state index contributed by atoms with van der Waals surface area (Å²) in [7, 11) is 1.79. The van der Waals surface area contributed by atoms with Gasteiger partial charge in [-0.25, -0.2) is 0 Å². The Morgan fingerprint density at radius 1 is 1.42 bits per heavy atom. The summed E-state index contributed by atoms with van der Waals surface area (Å²) in [6, 6.07) is -0.444. The number of rotatable bonds is 4. The molecule has 1 aromatic rings. The summed E-state index contributed by atoms with van der Waals surface area (Å²) in [6.45, 7) is 1.44. The maximum atomic E-state index is 12.3. The van der Waals surface area contributed by atoms with Crippen molar-refractivity contribution in [2.24, 2.45) is 13.0 Å². The van der Waals surface area contributed by atoms with Gasteiger partial charge in [0.1, 0.15) is 6.04 Å². The van der Waals surface area contributed by atoms with Crippen molar-refractivity contribution in [3.63, 3.8) is 0 Å². The Morgan fingerprint density at radius 3 is 2.63 bits per heavy atom. The number of anilines is 1. The van der Waals surface area contributed by atoms with Crippen molar-refractivity contribution < 1.29 is 9.59 Å². The summed E-state index contributed by atoms with van der Waals surface area (Å²) < 4.78 is 1.62. The summed E-state index contributed by atoms with van der Waals surface area (Å²) in [4.78, 5) is 23.5. The van der Waals surface area contributed by atoms with Crippen LogP contribution < -0.4 is 10.6 Å². The minimum atomic E-state index is -0.444. The molecule has 6 heteroatoms. The first-order valence-electron chi connectivity index (χ1n) is 6.63. The number of hydrogen-bond donors (Lipinski definition) is 2. The Labute approximate surface area is 112 Å². The van der Waals surface area contributed by atoms with Crippen LogP contribution in [0.2, 0.25) is 0 Å². The van der Waals surface area contributed by atoms with Gasteiger partial charge in [-0.05, 0) is 18.8 Å². The molecule has 0 spiro atoms. The molecule has 104 valence electrons. The summed E-state index contributed by atoms with van der Waals surface area (Å²) >= 11 is 0. The highest BCUT2D eigenvalue weighted by atomic mass is 16.2. The fraction of sp³-hybridized carbons (Fsp3) is 0.615. The molecule has 1 atom stereocenters. The van der Waals surface area contributed by atoms with E-state index >= 15 is 0 Å². The Hall–Kier alpha value is -1.85. The zero-order valence-corrected chi connectivity index (χ0v) is 11.3. The van der Waals surface area contributed by atoms with Crippen LogP contribution in [0.15, 0.2) is 12.4 Å². The second kappa shape index (κ2) is 5.86. The summed E-state index contributed by atoms with van der Waals surface area (Å²) in [5, 5.41) is 9.58. The highest BCUT2D eigenvalue weighted by Crippen LogP contribution is 2.28. The maximum Gasteiger partial charge on any atom is 0.247 e. The molecule has 1 aliphatic rings. The van der Waals surface area contributed by atoms with Crippen molar-refractivity contribution in [3.05, 3.63) is 12.4 Å². The first-order valence-corrected chi connectivity index (χ1v) is 6.63. The van der Waals surface area contributed by atoms with Crippen LogP contribution >= 0.6 is 0 Å². The van der Waals surface area contributed by atoms with Crippen molar-refractivity contribution in [3.8, 4) is 0 Å². The van der Waals surface area contributed by atoms with Gasteiger partial charge in [-0.15, -0.1) is 0 Å². The molecule has 1 heterocycles. The van der Waals surface area contributed by atoms with E-state index in [1.807, 2.05) is 0 Å². The average molecular weight is 264 g/mol. The van der Waals surface area contributed by atoms with Crippen LogP contribution in [-0.4, -0.2) is 27.6 Å². The predicted octanol–water partition coefficient (Wildman–Crippen LogP) is 1.05. The molecule has 1 fully saturated rings. The third kappa shape index (κ3) is 3.56. The lowest BCUT2D eigenvalue weighted by atomic mass is 9.97. The Bertz CT molecular complexity index is 463. The van der Waals surface area contributed by atoms with Crippen LogP contribution in [0, 0.1) is 5.92 Å². The van der Waals surface area contributed by atoms with Gasteiger partial charge >= 0.3 is 0 Å². The van der Waals surface area contributed by atoms with Gasteiger partial charge in [0.05, 0.1) is 11.9 Å². The second-order valence-corrected chi connectivity index (χ2v) is 5.11. The molecule has 0 saturated heterocycles. The van der Waals surface area contributed by atoms with E-state index < -0.39 is 6.04 Å². The Balaban J connectivity index is 2.04. The number of aryl methyl sites for hydroxylation is 1. The number of hydrogen-bond acceptors (Lipinski definition) is 3. The number of carbonyl (C=O) groups is 2. The zero-order chi connectivity index (χ0) is 13.8. The van der Waals surface area contributed by atoms with Crippen molar-refractivity contribution in [2.45, 2.75) is 38.6 Å². The van der Waals surface area contributed by atoms with Crippen molar-refractivity contribution in [1.82, 2.24) is 15.1 Å². The number of nitrogens with zero attached hydrogens (tertiary/aromatic N) is 2. The smallest absolute Gasteiger partial charge is 0.247 e. The molecule has 0 unspecified atom stereocenters. The standard InChI is InChI=1S/C13H20N4O2/c1-9(18)15-12(10-5-3-4-6-10)13(19)16-11-7-14-17(2)8-11/h7-8,10,12H,3-6H2,1-2H3,(H,15,18)(H,16,19)/t12-/m0/s1. The Kier molecular flexibility index (Phi) is 4.19. The van der Waals surface area contributed by atoms with Crippen LogP contribution in [0.25, 0.3) is 0 Å². The molecule has 0 bridgehead atoms. The third-order valence-corrected chi connectivity index (χ3v) is 3.48. The topological polar surface area (TPSA) is 76.0 Å². The lowest BCUT2D eigenvalue weighted by molar-refractivity contribution is -0.126. The van der Waals surface area contributed by atoms with Crippen LogP contribution in [0.1, 0.15) is 32.6 Å². The highest BCUT2D eigenvalue weighted by Gasteiger charge is 2.31. The van der Waals surface area contributed by atoms with E-state index in [4.69, 9.17) is 0 Å². The molecule has 2 N–H and O–H groups in total. The van der Waals surface area contributed by atoms with E-state index in [9.17, 15) is 9.59 Å². The monoisotopic (exact) mass is 264 g/mol. The van der Waals surface area contributed by atoms with E-state index in [1.54, 1.807) is 24.1 Å². The molecule has 6 nitrogen and oxygen atoms in total. The summed E-state index contributed by atoms with van der Waals surface area (Å²) in [5.41, 5.74) is 0.654. The van der Waals surface area contributed by atoms with Gasteiger partial charge in [0, 0.05) is 20.2 Å². The van der Waals surface area contributed by atoms with Crippen LogP contribution in [-0.2, 0) is 16.6 Å². The van der Waals surface area contributed by atoms with Crippen molar-refractivity contribution in [1.29, 1.82) is 0 Å². The average Bonchev–Trinajstić information content (AvgIpc) is 2.97. The van der Waals surface area contributed by atoms with Crippen LogP contribution in [0.5, 0.6) is 0 Å². The van der Waals surface area contributed by atoms with Crippen LogP contribution in [0.4, 0.5) is 5.69 Å². The molecular weight excluding hydrogens is 244 g/mol. The molecule has 2 rings (SSSR count). The fourth-order valence-corrected chi connectivity index (χ4v) is 2.61. The van der Waals surface area contributed by atoms with Crippen molar-refractivity contribution >= 4 is 17.5 Å². The normalized spacial score (nSPS) is 17.2. The highest BCUT2D eigenvalue weighted by molar-refractivity contribution is 5.97. The molecule has 0 aromatic carbocycles. The number of carbonyl (C=O) groups excluding carboxylic acids is 2. The number of aromatic nitrogens is 2. The maximum absolute atomic E-state index is 12.3. The molecular formula is C13H20N4O2. The molecule has 1 aromatic heterocycles. The summed E-state index contributed by atoms with van der Waals surface area (Å²) in [6.07, 6.45) is 7.56. The van der Waals surface area contributed by atoms with Gasteiger partial charge < -0.3 is 10.6 Å². The SMILES string of the molecule is CC(=O)N[C@H](C(=O)Nc1cnn(C)c1)C1CCCC1. The molecule has 0 aliphatic heterocycles. The van der Waals surface area contributed by atoms with E-state index in [0.29, 0.717) is 5.69 Å². The van der Waals surface area contributed by atoms with Gasteiger partial charge in [-0.1, -0.05) is 12.8 Å². The van der Waals surface area contributed by atoms with E-state index in [1.165, 1.54) is 6.92 Å².